The van der Waals surface area contributed by atoms with Gasteiger partial charge in [0.2, 0.25) is 11.7 Å². The molecule has 1 aliphatic heterocycles. The number of nitriles is 1. The van der Waals surface area contributed by atoms with Gasteiger partial charge in [0.05, 0.1) is 17.3 Å². The molecule has 1 heterocycles. The van der Waals surface area contributed by atoms with Gasteiger partial charge < -0.3 is 20.8 Å². The van der Waals surface area contributed by atoms with Crippen LogP contribution in [0, 0.1) is 29.6 Å². The highest BCUT2D eigenvalue weighted by atomic mass is 16.3. The molecule has 2 unspecified atom stereocenters. The molecule has 1 aliphatic carbocycles. The monoisotopic (exact) mass is 412 g/mol. The van der Waals surface area contributed by atoms with Crippen LogP contribution in [0.1, 0.15) is 54.6 Å². The summed E-state index contributed by atoms with van der Waals surface area (Å²) in [4.78, 5) is 26.7. The number of aliphatic hydroxyl groups is 2. The molecule has 8 heteroatoms. The number of primary amides is 1. The number of ketones is 1. The van der Waals surface area contributed by atoms with Crippen LogP contribution < -0.4 is 11.1 Å². The summed E-state index contributed by atoms with van der Waals surface area (Å²) < 4.78 is 0. The van der Waals surface area contributed by atoms with Crippen molar-refractivity contribution in [3.05, 3.63) is 46.2 Å². The van der Waals surface area contributed by atoms with E-state index >= 15 is 0 Å². The van der Waals surface area contributed by atoms with Crippen LogP contribution in [0.2, 0.25) is 0 Å². The van der Waals surface area contributed by atoms with Gasteiger partial charge in [-0.15, -0.1) is 0 Å². The summed E-state index contributed by atoms with van der Waals surface area (Å²) in [6.07, 6.45) is -0.791. The number of nitrogens with one attached hydrogen (secondary N) is 1. The summed E-state index contributed by atoms with van der Waals surface area (Å²) in [7, 11) is 0. The summed E-state index contributed by atoms with van der Waals surface area (Å²) in [5.41, 5.74) is 7.11. The molecule has 30 heavy (non-hydrogen) atoms. The van der Waals surface area contributed by atoms with Crippen molar-refractivity contribution in [2.45, 2.75) is 52.6 Å². The van der Waals surface area contributed by atoms with E-state index in [2.05, 4.69) is 11.4 Å². The minimum Gasteiger partial charge on any atom is -0.374 e. The zero-order chi connectivity index (χ0) is 22.2. The third-order valence-corrected chi connectivity index (χ3v) is 5.78. The van der Waals surface area contributed by atoms with Gasteiger partial charge >= 0.3 is 0 Å². The van der Waals surface area contributed by atoms with Crippen molar-refractivity contribution in [1.29, 1.82) is 5.26 Å². The molecule has 0 spiro atoms. The number of amides is 1. The summed E-state index contributed by atoms with van der Waals surface area (Å²) in [5, 5.41) is 33.2. The van der Waals surface area contributed by atoms with Crippen molar-refractivity contribution in [2.24, 2.45) is 17.1 Å². The molecule has 1 aromatic carbocycles. The largest absolute Gasteiger partial charge is 0.374 e. The van der Waals surface area contributed by atoms with E-state index < -0.39 is 23.9 Å². The average molecular weight is 412 g/mol. The summed E-state index contributed by atoms with van der Waals surface area (Å²) in [6.45, 7) is 5.77. The normalized spacial score (nSPS) is 22.8. The molecular weight excluding hydrogens is 384 g/mol. The average Bonchev–Trinajstić information content (AvgIpc) is 3.40. The van der Waals surface area contributed by atoms with Crippen LogP contribution in [0.3, 0.4) is 0 Å². The number of nitrogens with two attached hydrogens (primary N) is 1. The Kier molecular flexibility index (Phi) is 5.99. The Balaban J connectivity index is 2.09. The highest BCUT2D eigenvalue weighted by Crippen LogP contribution is 2.50. The van der Waals surface area contributed by atoms with Gasteiger partial charge in [0, 0.05) is 24.1 Å². The van der Waals surface area contributed by atoms with Gasteiger partial charge in [-0.1, -0.05) is 13.8 Å². The minimum atomic E-state index is -1.30. The molecule has 0 radical (unpaired) electrons. The molecule has 1 aromatic rings. The number of benzene rings is 1. The molecule has 1 amide bonds. The molecule has 2 atom stereocenters. The first-order valence-corrected chi connectivity index (χ1v) is 10.0. The Labute approximate surface area is 176 Å². The number of allylic oxidation sites excluding steroid dienone is 1. The van der Waals surface area contributed by atoms with Gasteiger partial charge in [-0.2, -0.15) is 5.26 Å². The summed E-state index contributed by atoms with van der Waals surface area (Å²) in [6, 6.07) is 6.93. The van der Waals surface area contributed by atoms with Crippen LogP contribution in [0.5, 0.6) is 0 Å². The minimum absolute atomic E-state index is 0.167. The molecule has 1 fully saturated rings. The van der Waals surface area contributed by atoms with Gasteiger partial charge in [0.1, 0.15) is 6.23 Å². The lowest BCUT2D eigenvalue weighted by atomic mass is 9.90. The van der Waals surface area contributed by atoms with E-state index in [1.807, 2.05) is 13.8 Å². The van der Waals surface area contributed by atoms with Gasteiger partial charge in [0.15, 0.2) is 6.35 Å². The Morgan fingerprint density at radius 1 is 1.33 bits per heavy atom. The zero-order valence-electron chi connectivity index (χ0n) is 17.5. The maximum Gasteiger partial charge on any atom is 0.218 e. The fourth-order valence-corrected chi connectivity index (χ4v) is 4.17. The Hall–Kier alpha value is -2.73. The maximum atomic E-state index is 13.6. The van der Waals surface area contributed by atoms with Crippen LogP contribution in [0.25, 0.3) is 0 Å². The summed E-state index contributed by atoms with van der Waals surface area (Å²) >= 11 is 0. The van der Waals surface area contributed by atoms with Gasteiger partial charge in [-0.05, 0) is 54.9 Å². The third kappa shape index (κ3) is 4.38. The molecule has 3 rings (SSSR count). The van der Waals surface area contributed by atoms with Gasteiger partial charge in [-0.3, -0.25) is 9.59 Å². The zero-order valence-corrected chi connectivity index (χ0v) is 17.5. The van der Waals surface area contributed by atoms with Crippen molar-refractivity contribution >= 4 is 11.7 Å². The van der Waals surface area contributed by atoms with E-state index in [0.717, 1.165) is 18.4 Å². The lowest BCUT2D eigenvalue weighted by Gasteiger charge is -2.42. The second-order valence-corrected chi connectivity index (χ2v) is 8.70. The molecule has 0 bridgehead atoms. The predicted octanol–water partition coefficient (Wildman–Crippen LogP) is 1.11. The molecule has 0 aromatic heterocycles. The van der Waals surface area contributed by atoms with Crippen LogP contribution in [-0.2, 0) is 4.79 Å². The molecule has 2 aliphatic rings. The predicted molar refractivity (Wildman–Crippen MR) is 109 cm³/mol. The number of Topliss-reactive ketones (excluding diaryl/α,β-unsaturated/α-hetero) is 1. The quantitative estimate of drug-likeness (QED) is 0.492. The third-order valence-electron chi connectivity index (χ3n) is 5.78. The lowest BCUT2D eigenvalue weighted by Crippen LogP contribution is -2.58. The van der Waals surface area contributed by atoms with Crippen LogP contribution >= 0.6 is 0 Å². The SMILES string of the molecule is Cc1cc(C#N)cc(C(=O)C2=C(C(C)C)C(O)NC(O)N2CC2(CC(N)=O)CC2)c1. The first kappa shape index (κ1) is 22.0. The van der Waals surface area contributed by atoms with E-state index in [1.165, 1.54) is 11.0 Å². The van der Waals surface area contributed by atoms with Crippen molar-refractivity contribution in [1.82, 2.24) is 10.2 Å². The van der Waals surface area contributed by atoms with Crippen molar-refractivity contribution in [2.75, 3.05) is 6.54 Å². The van der Waals surface area contributed by atoms with E-state index in [9.17, 15) is 25.1 Å². The lowest BCUT2D eigenvalue weighted by molar-refractivity contribution is -0.120. The Bertz CT molecular complexity index is 943. The number of aliphatic hydroxyl groups excluding tert-OH is 2. The van der Waals surface area contributed by atoms with Gasteiger partial charge in [-0.25, -0.2) is 5.32 Å². The topological polar surface area (TPSA) is 140 Å². The van der Waals surface area contributed by atoms with Crippen LogP contribution in [0.15, 0.2) is 29.5 Å². The Morgan fingerprint density at radius 2 is 2.00 bits per heavy atom. The molecular formula is C22H28N4O4. The van der Waals surface area contributed by atoms with E-state index in [-0.39, 0.29) is 30.4 Å². The fraction of sp³-hybridized carbons (Fsp3) is 0.500. The fourth-order valence-electron chi connectivity index (χ4n) is 4.17. The van der Waals surface area contributed by atoms with Crippen molar-refractivity contribution in [3.63, 3.8) is 0 Å². The number of carbonyl (C=O) groups is 2. The number of nitrogens with zero attached hydrogens (tertiary/aromatic N) is 2. The smallest absolute Gasteiger partial charge is 0.218 e. The molecule has 1 saturated carbocycles. The van der Waals surface area contributed by atoms with E-state index in [1.54, 1.807) is 19.1 Å². The number of rotatable bonds is 7. The highest BCUT2D eigenvalue weighted by molar-refractivity contribution is 6.09. The summed E-state index contributed by atoms with van der Waals surface area (Å²) in [5.74, 6) is -0.994. The molecule has 160 valence electrons. The van der Waals surface area contributed by atoms with Crippen LogP contribution in [0.4, 0.5) is 0 Å². The molecule has 0 saturated heterocycles. The number of aryl methyl sites for hydroxylation is 1. The molecule has 8 nitrogen and oxygen atoms in total. The van der Waals surface area contributed by atoms with E-state index in [4.69, 9.17) is 5.73 Å². The number of hydrogen-bond acceptors (Lipinski definition) is 7. The van der Waals surface area contributed by atoms with E-state index in [0.29, 0.717) is 16.7 Å². The second kappa shape index (κ2) is 8.19. The first-order valence-electron chi connectivity index (χ1n) is 10.0. The highest BCUT2D eigenvalue weighted by Gasteiger charge is 2.48. The van der Waals surface area contributed by atoms with Crippen molar-refractivity contribution < 1.29 is 19.8 Å². The second-order valence-electron chi connectivity index (χ2n) is 8.70. The number of hydrogen-bond donors (Lipinski definition) is 4. The maximum absolute atomic E-state index is 13.6. The van der Waals surface area contributed by atoms with Crippen molar-refractivity contribution in [3.8, 4) is 6.07 Å². The van der Waals surface area contributed by atoms with Crippen LogP contribution in [-0.4, -0.2) is 45.9 Å². The molecule has 5 N–H and O–H groups in total. The van der Waals surface area contributed by atoms with Gasteiger partial charge in [0.25, 0.3) is 0 Å². The number of carbonyl (C=O) groups excluding carboxylic acids is 2. The first-order chi connectivity index (χ1) is 14.1. The standard InChI is InChI=1S/C22H28N4O4/c1-12(2)17-18(19(28)15-7-13(3)6-14(8-15)10-23)26(21(30)25-20(17)29)11-22(4-5-22)9-16(24)27/h6-8,12,20-21,25,29-30H,4-5,9,11H2,1-3H3,(H2,24,27). The Morgan fingerprint density at radius 3 is 2.53 bits per heavy atom.